The number of carboxylic acid groups (broad SMARTS) is 1. The number of hydrogen-bond acceptors (Lipinski definition) is 5. The van der Waals surface area contributed by atoms with Gasteiger partial charge in [-0.05, 0) is 61.6 Å². The number of anilines is 1. The number of nitrogens with zero attached hydrogens (tertiary/aromatic N) is 3. The summed E-state index contributed by atoms with van der Waals surface area (Å²) in [5.74, 6) is 0.178. The van der Waals surface area contributed by atoms with Gasteiger partial charge in [-0.2, -0.15) is 5.10 Å². The molecule has 1 aliphatic rings. The van der Waals surface area contributed by atoms with Crippen LogP contribution in [0.4, 0.5) is 5.69 Å². The van der Waals surface area contributed by atoms with Crippen molar-refractivity contribution in [1.29, 1.82) is 0 Å². The predicted molar refractivity (Wildman–Crippen MR) is 148 cm³/mol. The van der Waals surface area contributed by atoms with E-state index < -0.39 is 5.97 Å². The average molecular weight is 519 g/mol. The van der Waals surface area contributed by atoms with Crippen molar-refractivity contribution >= 4 is 17.6 Å². The molecule has 0 bridgehead atoms. The van der Waals surface area contributed by atoms with Crippen LogP contribution in [0.1, 0.15) is 73.1 Å². The lowest BCUT2D eigenvalue weighted by molar-refractivity contribution is -0.137. The number of ether oxygens (including phenoxy) is 1. The highest BCUT2D eigenvalue weighted by Gasteiger charge is 2.29. The van der Waals surface area contributed by atoms with Gasteiger partial charge in [0.1, 0.15) is 5.75 Å². The summed E-state index contributed by atoms with van der Waals surface area (Å²) >= 11 is 0. The van der Waals surface area contributed by atoms with Crippen molar-refractivity contribution in [2.75, 3.05) is 26.0 Å². The topological polar surface area (TPSA) is 96.7 Å². The molecule has 8 heteroatoms. The van der Waals surface area contributed by atoms with Crippen LogP contribution in [0, 0.1) is 5.92 Å². The van der Waals surface area contributed by atoms with Gasteiger partial charge in [0.25, 0.3) is 5.91 Å². The fourth-order valence-electron chi connectivity index (χ4n) is 5.23. The van der Waals surface area contributed by atoms with E-state index >= 15 is 0 Å². The Hall–Kier alpha value is -3.81. The Labute approximate surface area is 224 Å². The van der Waals surface area contributed by atoms with E-state index in [2.05, 4.69) is 18.4 Å². The molecule has 1 aliphatic carbocycles. The Morgan fingerprint density at radius 1 is 1.16 bits per heavy atom. The van der Waals surface area contributed by atoms with Crippen molar-refractivity contribution in [3.05, 3.63) is 71.5 Å². The number of aromatic nitrogens is 2. The molecule has 1 fully saturated rings. The number of carbonyl (C=O) groups excluding carboxylic acids is 1. The minimum atomic E-state index is -0.917. The summed E-state index contributed by atoms with van der Waals surface area (Å²) in [5.41, 5.74) is 4.72. The first-order chi connectivity index (χ1) is 18.4. The summed E-state index contributed by atoms with van der Waals surface area (Å²) in [6.07, 6.45) is 8.96. The SMILES string of the molecule is CCc1nn(-c2cccc(OC)c2)cc1C(Nc1ccc(C(=O)N(C)CCC(=O)O)cc1)C1CCCCC1. The molecule has 8 nitrogen and oxygen atoms in total. The quantitative estimate of drug-likeness (QED) is 0.337. The third kappa shape index (κ3) is 6.54. The normalized spacial score (nSPS) is 14.6. The van der Waals surface area contributed by atoms with Gasteiger partial charge in [0.2, 0.25) is 0 Å². The van der Waals surface area contributed by atoms with E-state index in [0.717, 1.165) is 42.1 Å². The van der Waals surface area contributed by atoms with Crippen molar-refractivity contribution in [2.24, 2.45) is 5.92 Å². The number of amides is 1. The maximum Gasteiger partial charge on any atom is 0.305 e. The van der Waals surface area contributed by atoms with Crippen LogP contribution in [0.15, 0.2) is 54.7 Å². The number of benzene rings is 2. The molecule has 0 saturated heterocycles. The number of hydrogen-bond donors (Lipinski definition) is 2. The van der Waals surface area contributed by atoms with E-state index in [1.807, 2.05) is 41.1 Å². The molecule has 0 spiro atoms. The van der Waals surface area contributed by atoms with Gasteiger partial charge in [0.15, 0.2) is 0 Å². The van der Waals surface area contributed by atoms with Gasteiger partial charge in [0, 0.05) is 42.7 Å². The number of carbonyl (C=O) groups is 2. The summed E-state index contributed by atoms with van der Waals surface area (Å²) in [4.78, 5) is 25.0. The van der Waals surface area contributed by atoms with E-state index in [1.54, 1.807) is 26.3 Å². The largest absolute Gasteiger partial charge is 0.497 e. The first-order valence-electron chi connectivity index (χ1n) is 13.5. The second-order valence-corrected chi connectivity index (χ2v) is 10.00. The molecular weight excluding hydrogens is 480 g/mol. The number of carboxylic acids is 1. The van der Waals surface area contributed by atoms with E-state index in [-0.39, 0.29) is 24.9 Å². The Kier molecular flexibility index (Phi) is 9.05. The van der Waals surface area contributed by atoms with Gasteiger partial charge < -0.3 is 20.1 Å². The van der Waals surface area contributed by atoms with Gasteiger partial charge >= 0.3 is 5.97 Å². The lowest BCUT2D eigenvalue weighted by Gasteiger charge is -2.32. The highest BCUT2D eigenvalue weighted by molar-refractivity contribution is 5.94. The van der Waals surface area contributed by atoms with Crippen molar-refractivity contribution in [3.63, 3.8) is 0 Å². The van der Waals surface area contributed by atoms with Crippen molar-refractivity contribution in [2.45, 2.75) is 57.9 Å². The van der Waals surface area contributed by atoms with Crippen LogP contribution in [0.5, 0.6) is 5.75 Å². The van der Waals surface area contributed by atoms with E-state index in [4.69, 9.17) is 14.9 Å². The average Bonchev–Trinajstić information content (AvgIpc) is 3.39. The summed E-state index contributed by atoms with van der Waals surface area (Å²) in [6.45, 7) is 2.32. The van der Waals surface area contributed by atoms with Crippen LogP contribution in [0.2, 0.25) is 0 Å². The van der Waals surface area contributed by atoms with Crippen LogP contribution in [-0.4, -0.2) is 52.4 Å². The van der Waals surface area contributed by atoms with Gasteiger partial charge in [-0.1, -0.05) is 32.3 Å². The number of aryl methyl sites for hydroxylation is 1. The number of rotatable bonds is 11. The second kappa shape index (κ2) is 12.6. The Bertz CT molecular complexity index is 1230. The van der Waals surface area contributed by atoms with E-state index in [1.165, 1.54) is 29.7 Å². The van der Waals surface area contributed by atoms with Crippen LogP contribution in [-0.2, 0) is 11.2 Å². The highest BCUT2D eigenvalue weighted by atomic mass is 16.5. The van der Waals surface area contributed by atoms with Gasteiger partial charge in [-0.25, -0.2) is 4.68 Å². The lowest BCUT2D eigenvalue weighted by Crippen LogP contribution is -2.29. The minimum absolute atomic E-state index is 0.0752. The monoisotopic (exact) mass is 518 g/mol. The van der Waals surface area contributed by atoms with E-state index in [0.29, 0.717) is 11.5 Å². The standard InChI is InChI=1S/C30H38N4O4/c1-4-27-26(20-34(32-27)24-11-8-12-25(19-24)38-3)29(21-9-6-5-7-10-21)31-23-15-13-22(14-16-23)30(37)33(2)18-17-28(35)36/h8,11-16,19-21,29,31H,4-7,9-10,17-18H2,1-3H3,(H,35,36). The number of methoxy groups -OCH3 is 1. The van der Waals surface area contributed by atoms with Gasteiger partial charge in [-0.3, -0.25) is 9.59 Å². The first kappa shape index (κ1) is 27.2. The molecule has 1 saturated carbocycles. The van der Waals surface area contributed by atoms with Gasteiger partial charge in [-0.15, -0.1) is 0 Å². The zero-order valence-corrected chi connectivity index (χ0v) is 22.5. The molecule has 1 amide bonds. The Morgan fingerprint density at radius 3 is 2.55 bits per heavy atom. The van der Waals surface area contributed by atoms with E-state index in [9.17, 15) is 9.59 Å². The minimum Gasteiger partial charge on any atom is -0.497 e. The second-order valence-electron chi connectivity index (χ2n) is 10.00. The molecule has 2 N–H and O–H groups in total. The molecule has 202 valence electrons. The van der Waals surface area contributed by atoms with Gasteiger partial charge in [0.05, 0.1) is 31.0 Å². The Morgan fingerprint density at radius 2 is 1.89 bits per heavy atom. The fraction of sp³-hybridized carbons (Fsp3) is 0.433. The molecule has 3 aromatic rings. The highest BCUT2D eigenvalue weighted by Crippen LogP contribution is 2.38. The summed E-state index contributed by atoms with van der Waals surface area (Å²) in [5, 5.41) is 17.6. The fourth-order valence-corrected chi connectivity index (χ4v) is 5.23. The summed E-state index contributed by atoms with van der Waals surface area (Å²) in [6, 6.07) is 15.5. The predicted octanol–water partition coefficient (Wildman–Crippen LogP) is 5.72. The first-order valence-corrected chi connectivity index (χ1v) is 13.5. The summed E-state index contributed by atoms with van der Waals surface area (Å²) in [7, 11) is 3.30. The molecule has 1 aromatic heterocycles. The van der Waals surface area contributed by atoms with Crippen molar-refractivity contribution in [3.8, 4) is 11.4 Å². The molecule has 0 radical (unpaired) electrons. The molecule has 1 atom stereocenters. The molecule has 4 rings (SSSR count). The molecule has 1 unspecified atom stereocenters. The third-order valence-corrected chi connectivity index (χ3v) is 7.39. The molecule has 38 heavy (non-hydrogen) atoms. The maximum atomic E-state index is 12.7. The zero-order valence-electron chi connectivity index (χ0n) is 22.5. The number of nitrogens with one attached hydrogen (secondary N) is 1. The molecule has 1 heterocycles. The number of aliphatic carboxylic acids is 1. The van der Waals surface area contributed by atoms with Crippen LogP contribution in [0.25, 0.3) is 5.69 Å². The molecule has 2 aromatic carbocycles. The Balaban J connectivity index is 1.59. The smallest absolute Gasteiger partial charge is 0.305 e. The van der Waals surface area contributed by atoms with Crippen LogP contribution in [0.3, 0.4) is 0 Å². The molecule has 0 aliphatic heterocycles. The van der Waals surface area contributed by atoms with Crippen LogP contribution >= 0.6 is 0 Å². The summed E-state index contributed by atoms with van der Waals surface area (Å²) < 4.78 is 7.37. The maximum absolute atomic E-state index is 12.7. The third-order valence-electron chi connectivity index (χ3n) is 7.39. The zero-order chi connectivity index (χ0) is 27.1. The van der Waals surface area contributed by atoms with Crippen molar-refractivity contribution in [1.82, 2.24) is 14.7 Å². The van der Waals surface area contributed by atoms with Crippen LogP contribution < -0.4 is 10.1 Å². The van der Waals surface area contributed by atoms with Crippen molar-refractivity contribution < 1.29 is 19.4 Å². The molecular formula is C30H38N4O4. The lowest BCUT2D eigenvalue weighted by atomic mass is 9.81.